The molecular formula is C24H29N5OS3. The summed E-state index contributed by atoms with van der Waals surface area (Å²) in [5.41, 5.74) is 2.07. The van der Waals surface area contributed by atoms with Crippen molar-refractivity contribution in [2.24, 2.45) is 11.3 Å². The Kier molecular flexibility index (Phi) is 7.27. The van der Waals surface area contributed by atoms with E-state index >= 15 is 0 Å². The molecule has 1 aliphatic carbocycles. The predicted molar refractivity (Wildman–Crippen MR) is 137 cm³/mol. The number of carbonyl (C=O) groups excluding carboxylic acids is 1. The Labute approximate surface area is 207 Å². The molecule has 3 aromatic heterocycles. The molecule has 1 N–H and O–H groups in total. The van der Waals surface area contributed by atoms with Crippen LogP contribution in [0.15, 0.2) is 22.7 Å². The minimum atomic E-state index is -0.121. The lowest BCUT2D eigenvalue weighted by Gasteiger charge is -2.36. The number of hydrogen-bond donors (Lipinski definition) is 1. The van der Waals surface area contributed by atoms with Crippen molar-refractivity contribution >= 4 is 45.3 Å². The van der Waals surface area contributed by atoms with Crippen LogP contribution in [-0.2, 0) is 24.2 Å². The van der Waals surface area contributed by atoms with Crippen LogP contribution in [0.25, 0.3) is 10.7 Å². The maximum absolute atomic E-state index is 12.8. The van der Waals surface area contributed by atoms with Gasteiger partial charge in [0.05, 0.1) is 16.2 Å². The van der Waals surface area contributed by atoms with E-state index in [0.29, 0.717) is 16.5 Å². The summed E-state index contributed by atoms with van der Waals surface area (Å²) in [6.45, 7) is 9.69. The molecule has 0 aromatic carbocycles. The number of aromatic nitrogens is 3. The van der Waals surface area contributed by atoms with Gasteiger partial charge in [-0.15, -0.1) is 32.9 Å². The fourth-order valence-electron chi connectivity index (χ4n) is 4.31. The Morgan fingerprint density at radius 1 is 1.39 bits per heavy atom. The zero-order valence-electron chi connectivity index (χ0n) is 19.5. The lowest BCUT2D eigenvalue weighted by molar-refractivity contribution is -0.113. The van der Waals surface area contributed by atoms with E-state index in [1.54, 1.807) is 22.7 Å². The van der Waals surface area contributed by atoms with E-state index < -0.39 is 0 Å². The van der Waals surface area contributed by atoms with Crippen molar-refractivity contribution in [3.05, 3.63) is 33.5 Å². The third kappa shape index (κ3) is 4.88. The first-order valence-electron chi connectivity index (χ1n) is 11.3. The molecular weight excluding hydrogens is 470 g/mol. The van der Waals surface area contributed by atoms with Crippen molar-refractivity contribution in [3.63, 3.8) is 0 Å². The van der Waals surface area contributed by atoms with Gasteiger partial charge in [-0.2, -0.15) is 5.26 Å². The number of rotatable bonds is 8. The molecule has 1 unspecified atom stereocenters. The average molecular weight is 500 g/mol. The van der Waals surface area contributed by atoms with Crippen LogP contribution in [0.3, 0.4) is 0 Å². The van der Waals surface area contributed by atoms with Crippen LogP contribution in [-0.4, -0.2) is 26.4 Å². The standard InChI is InChI=1S/C24H29N5OS3/c1-5-24(3,4)15-9-10-16-17(13-25)22(33-19(16)12-15)26-20(30)14-32-23-28-27-21(29(23)6-2)18-8-7-11-31-18/h7-8,11,15H,5-6,9-10,12,14H2,1-4H3,(H,26,30). The van der Waals surface area contributed by atoms with Gasteiger partial charge < -0.3 is 9.88 Å². The highest BCUT2D eigenvalue weighted by molar-refractivity contribution is 7.99. The quantitative estimate of drug-likeness (QED) is 0.371. The van der Waals surface area contributed by atoms with E-state index in [-0.39, 0.29) is 17.1 Å². The van der Waals surface area contributed by atoms with Gasteiger partial charge in [-0.25, -0.2) is 0 Å². The molecule has 3 aromatic rings. The summed E-state index contributed by atoms with van der Waals surface area (Å²) < 4.78 is 2.03. The number of nitrogens with one attached hydrogen (secondary N) is 1. The highest BCUT2D eigenvalue weighted by atomic mass is 32.2. The minimum Gasteiger partial charge on any atom is -0.316 e. The van der Waals surface area contributed by atoms with Crippen molar-refractivity contribution in [3.8, 4) is 16.8 Å². The van der Waals surface area contributed by atoms with Gasteiger partial charge in [-0.05, 0) is 54.5 Å². The van der Waals surface area contributed by atoms with Crippen molar-refractivity contribution in [2.75, 3.05) is 11.1 Å². The second kappa shape index (κ2) is 10.00. The third-order valence-electron chi connectivity index (χ3n) is 6.75. The van der Waals surface area contributed by atoms with Gasteiger partial charge >= 0.3 is 0 Å². The molecule has 1 amide bonds. The molecule has 1 aliphatic rings. The number of anilines is 1. The van der Waals surface area contributed by atoms with Crippen molar-refractivity contribution < 1.29 is 4.79 Å². The fourth-order valence-corrected chi connectivity index (χ4v) is 7.12. The van der Waals surface area contributed by atoms with E-state index in [0.717, 1.165) is 53.6 Å². The van der Waals surface area contributed by atoms with E-state index in [9.17, 15) is 10.1 Å². The highest BCUT2D eigenvalue weighted by Crippen LogP contribution is 2.45. The van der Waals surface area contributed by atoms with Crippen LogP contribution >= 0.6 is 34.4 Å². The zero-order valence-corrected chi connectivity index (χ0v) is 21.9. The van der Waals surface area contributed by atoms with Gasteiger partial charge in [-0.1, -0.05) is 45.0 Å². The number of hydrogen-bond acceptors (Lipinski definition) is 7. The minimum absolute atomic E-state index is 0.121. The third-order valence-corrected chi connectivity index (χ3v) is 9.76. The number of amides is 1. The summed E-state index contributed by atoms with van der Waals surface area (Å²) in [5, 5.41) is 24.9. The normalized spacial score (nSPS) is 15.8. The van der Waals surface area contributed by atoms with Gasteiger partial charge in [0.1, 0.15) is 11.1 Å². The Balaban J connectivity index is 1.44. The lowest BCUT2D eigenvalue weighted by Crippen LogP contribution is -2.28. The largest absolute Gasteiger partial charge is 0.316 e. The van der Waals surface area contributed by atoms with Crippen LogP contribution in [0.1, 0.15) is 56.5 Å². The van der Waals surface area contributed by atoms with E-state index in [2.05, 4.69) is 42.4 Å². The van der Waals surface area contributed by atoms with Gasteiger partial charge in [0.15, 0.2) is 11.0 Å². The molecule has 174 valence electrons. The van der Waals surface area contributed by atoms with Gasteiger partial charge in [0.25, 0.3) is 0 Å². The Bertz CT molecular complexity index is 1170. The average Bonchev–Trinajstić information content (AvgIpc) is 3.54. The van der Waals surface area contributed by atoms with Crippen LogP contribution in [0.5, 0.6) is 0 Å². The molecule has 0 fully saturated rings. The summed E-state index contributed by atoms with van der Waals surface area (Å²) in [4.78, 5) is 15.1. The second-order valence-corrected chi connectivity index (χ2v) is 12.0. The molecule has 0 spiro atoms. The second-order valence-electron chi connectivity index (χ2n) is 8.97. The number of nitrogens with zero attached hydrogens (tertiary/aromatic N) is 4. The van der Waals surface area contributed by atoms with Crippen molar-refractivity contribution in [1.29, 1.82) is 5.26 Å². The molecule has 0 radical (unpaired) electrons. The molecule has 0 saturated heterocycles. The first kappa shape index (κ1) is 24.0. The molecule has 0 bridgehead atoms. The summed E-state index contributed by atoms with van der Waals surface area (Å²) in [6.07, 6.45) is 4.15. The van der Waals surface area contributed by atoms with E-state index in [4.69, 9.17) is 0 Å². The number of fused-ring (bicyclic) bond motifs is 1. The molecule has 9 heteroatoms. The summed E-state index contributed by atoms with van der Waals surface area (Å²) >= 11 is 4.58. The number of carbonyl (C=O) groups is 1. The number of thiophene rings is 2. The summed E-state index contributed by atoms with van der Waals surface area (Å²) in [6, 6.07) is 6.37. The molecule has 0 saturated carbocycles. The lowest BCUT2D eigenvalue weighted by atomic mass is 9.69. The van der Waals surface area contributed by atoms with Crippen LogP contribution < -0.4 is 5.32 Å². The summed E-state index contributed by atoms with van der Waals surface area (Å²) in [5.74, 6) is 1.54. The van der Waals surface area contributed by atoms with E-state index in [1.165, 1.54) is 16.6 Å². The summed E-state index contributed by atoms with van der Waals surface area (Å²) in [7, 11) is 0. The first-order valence-corrected chi connectivity index (χ1v) is 14.0. The molecule has 4 rings (SSSR count). The number of nitriles is 1. The maximum Gasteiger partial charge on any atom is 0.235 e. The van der Waals surface area contributed by atoms with Gasteiger partial charge in [-0.3, -0.25) is 4.79 Å². The smallest absolute Gasteiger partial charge is 0.235 e. The van der Waals surface area contributed by atoms with Crippen LogP contribution in [0.2, 0.25) is 0 Å². The van der Waals surface area contributed by atoms with Crippen molar-refractivity contribution in [1.82, 2.24) is 14.8 Å². The highest BCUT2D eigenvalue weighted by Gasteiger charge is 2.34. The Morgan fingerprint density at radius 3 is 2.88 bits per heavy atom. The fraction of sp³-hybridized carbons (Fsp3) is 0.500. The first-order chi connectivity index (χ1) is 15.9. The van der Waals surface area contributed by atoms with Crippen molar-refractivity contribution in [2.45, 2.75) is 65.1 Å². The van der Waals surface area contributed by atoms with Gasteiger partial charge in [0.2, 0.25) is 5.91 Å². The zero-order chi connectivity index (χ0) is 23.6. The Hall–Kier alpha value is -2.15. The molecule has 3 heterocycles. The SMILES string of the molecule is CCn1c(SCC(=O)Nc2sc3c(c2C#N)CCC(C(C)(C)CC)C3)nnc1-c1cccs1. The van der Waals surface area contributed by atoms with E-state index in [1.807, 2.05) is 29.0 Å². The topological polar surface area (TPSA) is 83.6 Å². The molecule has 33 heavy (non-hydrogen) atoms. The van der Waals surface area contributed by atoms with Gasteiger partial charge in [0, 0.05) is 11.4 Å². The van der Waals surface area contributed by atoms with Crippen LogP contribution in [0, 0.1) is 22.7 Å². The predicted octanol–water partition coefficient (Wildman–Crippen LogP) is 6.23. The Morgan fingerprint density at radius 2 is 2.21 bits per heavy atom. The molecule has 0 aliphatic heterocycles. The maximum atomic E-state index is 12.8. The van der Waals surface area contributed by atoms with Crippen LogP contribution in [0.4, 0.5) is 5.00 Å². The number of thioether (sulfide) groups is 1. The molecule has 1 atom stereocenters. The molecule has 6 nitrogen and oxygen atoms in total. The monoisotopic (exact) mass is 499 g/mol.